The third-order valence-electron chi connectivity index (χ3n) is 2.38. The summed E-state index contributed by atoms with van der Waals surface area (Å²) in [6.07, 6.45) is 0.971. The molecule has 5 nitrogen and oxygen atoms in total. The normalized spacial score (nSPS) is 16.7. The first-order valence-electron chi connectivity index (χ1n) is 4.98. The highest BCUT2D eigenvalue weighted by Crippen LogP contribution is 2.16. The Hall–Kier alpha value is -0.200. The summed E-state index contributed by atoms with van der Waals surface area (Å²) in [6.45, 7) is 7.18. The Bertz CT molecular complexity index is 150. The van der Waals surface area contributed by atoms with Crippen molar-refractivity contribution in [3.8, 4) is 0 Å². The van der Waals surface area contributed by atoms with Crippen molar-refractivity contribution in [1.29, 1.82) is 0 Å². The van der Waals surface area contributed by atoms with E-state index >= 15 is 0 Å². The summed E-state index contributed by atoms with van der Waals surface area (Å²) in [5.41, 5.74) is -0.466. The van der Waals surface area contributed by atoms with Gasteiger partial charge in [-0.05, 0) is 26.7 Å². The minimum absolute atomic E-state index is 0.190. The number of quaternary nitrogens is 1. The van der Waals surface area contributed by atoms with Gasteiger partial charge in [0.15, 0.2) is 0 Å². The van der Waals surface area contributed by atoms with E-state index in [2.05, 4.69) is 0 Å². The van der Waals surface area contributed by atoms with Gasteiger partial charge in [0.1, 0.15) is 11.7 Å². The summed E-state index contributed by atoms with van der Waals surface area (Å²) >= 11 is 0. The highest BCUT2D eigenvalue weighted by molar-refractivity contribution is 4.67. The standard InChI is InChI=1S/C9H21NO4/c1-5-9(4,6-2)14-10(12)13-8(3)7-11/h8,10-11H,5-7H2,1-4H3/t8-/m0/s1. The molecule has 0 aliphatic carbocycles. The van der Waals surface area contributed by atoms with Gasteiger partial charge in [0.25, 0.3) is 0 Å². The van der Waals surface area contributed by atoms with Gasteiger partial charge in [0.2, 0.25) is 0 Å². The van der Waals surface area contributed by atoms with Crippen LogP contribution in [0.5, 0.6) is 0 Å². The van der Waals surface area contributed by atoms with Gasteiger partial charge in [-0.1, -0.05) is 19.2 Å². The summed E-state index contributed by atoms with van der Waals surface area (Å²) in [7, 11) is 0. The lowest BCUT2D eigenvalue weighted by molar-refractivity contribution is -1.22. The maximum absolute atomic E-state index is 11.2. The molecule has 0 amide bonds. The van der Waals surface area contributed by atoms with E-state index < -0.39 is 17.1 Å². The molecular weight excluding hydrogens is 186 g/mol. The topological polar surface area (TPSA) is 66.2 Å². The highest BCUT2D eigenvalue weighted by Gasteiger charge is 2.26. The fourth-order valence-corrected chi connectivity index (χ4v) is 0.821. The molecule has 0 aromatic heterocycles. The molecular formula is C9H21NO4. The first kappa shape index (κ1) is 13.8. The molecule has 2 N–H and O–H groups in total. The second kappa shape index (κ2) is 6.31. The average Bonchev–Trinajstić information content (AvgIpc) is 2.17. The zero-order valence-electron chi connectivity index (χ0n) is 9.37. The minimum atomic E-state index is -0.710. The van der Waals surface area contributed by atoms with Gasteiger partial charge in [0, 0.05) is 0 Å². The lowest BCUT2D eigenvalue weighted by atomic mass is 10.0. The van der Waals surface area contributed by atoms with Crippen LogP contribution < -0.4 is 5.39 Å². The van der Waals surface area contributed by atoms with Gasteiger partial charge >= 0.3 is 0 Å². The molecule has 0 rings (SSSR count). The molecule has 5 heteroatoms. The summed E-state index contributed by atoms with van der Waals surface area (Å²) < 4.78 is 0. The van der Waals surface area contributed by atoms with Crippen LogP contribution in [0, 0.1) is 5.21 Å². The molecule has 2 atom stereocenters. The Kier molecular flexibility index (Phi) is 6.22. The minimum Gasteiger partial charge on any atom is -0.566 e. The van der Waals surface area contributed by atoms with Crippen molar-refractivity contribution < 1.29 is 20.2 Å². The van der Waals surface area contributed by atoms with Crippen LogP contribution >= 0.6 is 0 Å². The number of aliphatic hydroxyl groups is 1. The molecule has 0 fully saturated rings. The summed E-state index contributed by atoms with van der Waals surface area (Å²) in [4.78, 5) is 9.92. The van der Waals surface area contributed by atoms with Gasteiger partial charge in [-0.2, -0.15) is 9.68 Å². The number of aliphatic hydroxyl groups excluding tert-OH is 1. The number of hydrogen-bond donors (Lipinski definition) is 2. The van der Waals surface area contributed by atoms with Crippen LogP contribution in [0.3, 0.4) is 0 Å². The van der Waals surface area contributed by atoms with Gasteiger partial charge in [0.05, 0.1) is 6.61 Å². The van der Waals surface area contributed by atoms with Crippen LogP contribution in [0.15, 0.2) is 0 Å². The van der Waals surface area contributed by atoms with E-state index in [1.165, 1.54) is 0 Å². The lowest BCUT2D eigenvalue weighted by Gasteiger charge is -2.30. The highest BCUT2D eigenvalue weighted by atomic mass is 17.1. The first-order chi connectivity index (χ1) is 6.47. The Morgan fingerprint density at radius 3 is 2.29 bits per heavy atom. The fourth-order valence-electron chi connectivity index (χ4n) is 0.821. The van der Waals surface area contributed by atoms with E-state index in [4.69, 9.17) is 14.8 Å². The van der Waals surface area contributed by atoms with Gasteiger partial charge in [-0.25, -0.2) is 0 Å². The zero-order valence-corrected chi connectivity index (χ0v) is 9.37. The van der Waals surface area contributed by atoms with Crippen molar-refractivity contribution in [3.63, 3.8) is 0 Å². The van der Waals surface area contributed by atoms with Crippen molar-refractivity contribution >= 4 is 0 Å². The van der Waals surface area contributed by atoms with Crippen molar-refractivity contribution in [3.05, 3.63) is 5.21 Å². The van der Waals surface area contributed by atoms with Crippen LogP contribution in [0.4, 0.5) is 0 Å². The van der Waals surface area contributed by atoms with Gasteiger partial charge < -0.3 is 10.3 Å². The van der Waals surface area contributed by atoms with Crippen LogP contribution in [0.2, 0.25) is 0 Å². The largest absolute Gasteiger partial charge is 0.566 e. The Morgan fingerprint density at radius 2 is 1.93 bits per heavy atom. The molecule has 0 aromatic carbocycles. The predicted octanol–water partition coefficient (Wildman–Crippen LogP) is 0.192. The third-order valence-corrected chi connectivity index (χ3v) is 2.38. The molecule has 0 saturated heterocycles. The van der Waals surface area contributed by atoms with Gasteiger partial charge in [-0.3, -0.25) is 0 Å². The third kappa shape index (κ3) is 4.88. The molecule has 0 bridgehead atoms. The van der Waals surface area contributed by atoms with Crippen LogP contribution in [-0.4, -0.2) is 23.4 Å². The summed E-state index contributed by atoms with van der Waals surface area (Å²) in [5.74, 6) is 0. The fraction of sp³-hybridized carbons (Fsp3) is 1.00. The van der Waals surface area contributed by atoms with E-state index in [0.29, 0.717) is 0 Å². The Labute approximate surface area is 85.1 Å². The molecule has 0 aromatic rings. The van der Waals surface area contributed by atoms with Crippen molar-refractivity contribution in [2.75, 3.05) is 6.61 Å². The lowest BCUT2D eigenvalue weighted by Crippen LogP contribution is -3.07. The number of hydrogen-bond acceptors (Lipinski definition) is 4. The van der Waals surface area contributed by atoms with E-state index in [-0.39, 0.29) is 6.61 Å². The quantitative estimate of drug-likeness (QED) is 0.585. The molecule has 14 heavy (non-hydrogen) atoms. The Balaban J connectivity index is 3.96. The number of nitrogens with one attached hydrogen (secondary N) is 1. The molecule has 86 valence electrons. The smallest absolute Gasteiger partial charge is 0.141 e. The number of rotatable bonds is 7. The van der Waals surface area contributed by atoms with Crippen LogP contribution in [0.25, 0.3) is 0 Å². The molecule has 0 heterocycles. The molecule has 1 unspecified atom stereocenters. The monoisotopic (exact) mass is 207 g/mol. The maximum Gasteiger partial charge on any atom is 0.141 e. The Morgan fingerprint density at radius 1 is 1.43 bits per heavy atom. The summed E-state index contributed by atoms with van der Waals surface area (Å²) in [5, 5.41) is 19.1. The van der Waals surface area contributed by atoms with Gasteiger partial charge in [-0.15, -0.1) is 0 Å². The van der Waals surface area contributed by atoms with Crippen molar-refractivity contribution in [2.45, 2.75) is 52.2 Å². The van der Waals surface area contributed by atoms with E-state index in [9.17, 15) is 5.21 Å². The van der Waals surface area contributed by atoms with Crippen LogP contribution in [-0.2, 0) is 9.68 Å². The van der Waals surface area contributed by atoms with Crippen molar-refractivity contribution in [2.24, 2.45) is 0 Å². The van der Waals surface area contributed by atoms with Crippen LogP contribution in [0.1, 0.15) is 40.5 Å². The van der Waals surface area contributed by atoms with E-state index in [0.717, 1.165) is 12.8 Å². The predicted molar refractivity (Wildman–Crippen MR) is 52.0 cm³/mol. The first-order valence-corrected chi connectivity index (χ1v) is 4.98. The average molecular weight is 207 g/mol. The molecule has 0 radical (unpaired) electrons. The summed E-state index contributed by atoms with van der Waals surface area (Å²) in [6, 6.07) is 0. The van der Waals surface area contributed by atoms with Crippen molar-refractivity contribution in [1.82, 2.24) is 0 Å². The second-order valence-corrected chi connectivity index (χ2v) is 3.62. The molecule has 0 aliphatic rings. The van der Waals surface area contributed by atoms with E-state index in [1.807, 2.05) is 20.8 Å². The molecule has 0 spiro atoms. The second-order valence-electron chi connectivity index (χ2n) is 3.62. The molecule has 0 saturated carbocycles. The molecule has 0 aliphatic heterocycles. The SMILES string of the molecule is CCC(C)(CC)O[NH+]([O-])O[C@@H](C)CO. The zero-order chi connectivity index (χ0) is 11.2. The van der Waals surface area contributed by atoms with E-state index in [1.54, 1.807) is 6.92 Å². The maximum atomic E-state index is 11.2.